The standard InChI is InChI=1S/C18H12Cl2FN5O2/c19-11-3-9(6-22)4-12(5-11)28-16-13(20)2-1-10(15(16)21)7-24-17(27)14-8-25-18(23)26-14/h1-5,8H,7H2,(H,24,27)(H3,23,25,26). The summed E-state index contributed by atoms with van der Waals surface area (Å²) in [5.74, 6) is -1.26. The van der Waals surface area contributed by atoms with Crippen molar-refractivity contribution in [2.75, 3.05) is 5.73 Å². The van der Waals surface area contributed by atoms with E-state index in [1.165, 1.54) is 36.5 Å². The monoisotopic (exact) mass is 419 g/mol. The van der Waals surface area contributed by atoms with Crippen molar-refractivity contribution in [1.82, 2.24) is 15.3 Å². The van der Waals surface area contributed by atoms with Crippen molar-refractivity contribution in [3.05, 3.63) is 69.2 Å². The number of carbonyl (C=O) groups excluding carboxylic acids is 1. The van der Waals surface area contributed by atoms with Crippen LogP contribution in [0.4, 0.5) is 10.3 Å². The van der Waals surface area contributed by atoms with E-state index in [2.05, 4.69) is 15.3 Å². The number of halogens is 3. The van der Waals surface area contributed by atoms with Gasteiger partial charge in [-0.2, -0.15) is 5.26 Å². The maximum atomic E-state index is 14.9. The van der Waals surface area contributed by atoms with Gasteiger partial charge in [0, 0.05) is 17.1 Å². The minimum atomic E-state index is -0.754. The number of rotatable bonds is 5. The van der Waals surface area contributed by atoms with Crippen molar-refractivity contribution >= 4 is 35.1 Å². The number of ether oxygens (including phenoxy) is 1. The maximum Gasteiger partial charge on any atom is 0.269 e. The molecule has 0 atom stereocenters. The third kappa shape index (κ3) is 4.34. The number of benzene rings is 2. The van der Waals surface area contributed by atoms with E-state index in [9.17, 15) is 9.18 Å². The van der Waals surface area contributed by atoms with Crippen LogP contribution in [0.5, 0.6) is 11.5 Å². The molecule has 7 nitrogen and oxygen atoms in total. The number of anilines is 1. The molecule has 1 amide bonds. The molecule has 0 saturated carbocycles. The molecule has 1 aromatic heterocycles. The van der Waals surface area contributed by atoms with Crippen molar-refractivity contribution in [1.29, 1.82) is 5.26 Å². The maximum absolute atomic E-state index is 14.9. The fourth-order valence-corrected chi connectivity index (χ4v) is 2.74. The van der Waals surface area contributed by atoms with Crippen LogP contribution >= 0.6 is 23.2 Å². The predicted molar refractivity (Wildman–Crippen MR) is 102 cm³/mol. The van der Waals surface area contributed by atoms with Crippen LogP contribution in [-0.4, -0.2) is 15.9 Å². The van der Waals surface area contributed by atoms with Crippen molar-refractivity contribution in [3.8, 4) is 17.6 Å². The summed E-state index contributed by atoms with van der Waals surface area (Å²) in [5.41, 5.74) is 5.96. The Balaban J connectivity index is 1.81. The number of hydrogen-bond acceptors (Lipinski definition) is 5. The van der Waals surface area contributed by atoms with Crippen LogP contribution in [0.25, 0.3) is 0 Å². The zero-order valence-electron chi connectivity index (χ0n) is 14.1. The molecule has 3 rings (SSSR count). The zero-order valence-corrected chi connectivity index (χ0v) is 15.6. The molecule has 0 bridgehead atoms. The van der Waals surface area contributed by atoms with Gasteiger partial charge in [-0.1, -0.05) is 29.3 Å². The first-order valence-electron chi connectivity index (χ1n) is 7.81. The van der Waals surface area contributed by atoms with Gasteiger partial charge in [0.25, 0.3) is 5.91 Å². The number of H-pyrrole nitrogens is 1. The third-order valence-corrected chi connectivity index (χ3v) is 4.14. The Hall–Kier alpha value is -3.28. The molecule has 0 spiro atoms. The molecule has 0 radical (unpaired) electrons. The molecule has 142 valence electrons. The normalized spacial score (nSPS) is 10.4. The molecule has 0 unspecified atom stereocenters. The minimum Gasteiger partial charge on any atom is -0.453 e. The first-order valence-corrected chi connectivity index (χ1v) is 8.57. The first-order chi connectivity index (χ1) is 13.4. The second-order valence-corrected chi connectivity index (χ2v) is 6.45. The average molecular weight is 420 g/mol. The van der Waals surface area contributed by atoms with E-state index in [0.717, 1.165) is 0 Å². The lowest BCUT2D eigenvalue weighted by atomic mass is 10.2. The first kappa shape index (κ1) is 19.5. The average Bonchev–Trinajstić information content (AvgIpc) is 3.10. The smallest absolute Gasteiger partial charge is 0.269 e. The van der Waals surface area contributed by atoms with Crippen LogP contribution in [-0.2, 0) is 6.54 Å². The molecular weight excluding hydrogens is 408 g/mol. The minimum absolute atomic E-state index is 0.0207. The van der Waals surface area contributed by atoms with Gasteiger partial charge in [0.05, 0.1) is 22.9 Å². The number of nitrogens with one attached hydrogen (secondary N) is 2. The van der Waals surface area contributed by atoms with Crippen LogP contribution in [0.3, 0.4) is 0 Å². The third-order valence-electron chi connectivity index (χ3n) is 3.63. The van der Waals surface area contributed by atoms with Gasteiger partial charge in [-0.3, -0.25) is 4.79 Å². The summed E-state index contributed by atoms with van der Waals surface area (Å²) in [4.78, 5) is 18.3. The number of aromatic amines is 1. The Morgan fingerprint density at radius 1 is 1.36 bits per heavy atom. The summed E-state index contributed by atoms with van der Waals surface area (Å²) in [6.45, 7) is -0.129. The number of nitrogens with zero attached hydrogens (tertiary/aromatic N) is 2. The van der Waals surface area contributed by atoms with Gasteiger partial charge in [0.15, 0.2) is 17.5 Å². The molecular formula is C18H12Cl2FN5O2. The highest BCUT2D eigenvalue weighted by Crippen LogP contribution is 2.35. The van der Waals surface area contributed by atoms with Crippen molar-refractivity contribution in [2.24, 2.45) is 0 Å². The fourth-order valence-electron chi connectivity index (χ4n) is 2.33. The van der Waals surface area contributed by atoms with Crippen molar-refractivity contribution < 1.29 is 13.9 Å². The molecule has 10 heteroatoms. The van der Waals surface area contributed by atoms with Gasteiger partial charge in [-0.25, -0.2) is 9.37 Å². The SMILES string of the molecule is N#Cc1cc(Cl)cc(Oc2c(Cl)ccc(CNC(=O)c3cnc(N)[nH]3)c2F)c1. The van der Waals surface area contributed by atoms with E-state index in [1.807, 2.05) is 6.07 Å². The van der Waals surface area contributed by atoms with Crippen molar-refractivity contribution in [2.45, 2.75) is 6.54 Å². The van der Waals surface area contributed by atoms with E-state index in [0.29, 0.717) is 0 Å². The lowest BCUT2D eigenvalue weighted by Crippen LogP contribution is -2.23. The Kier molecular flexibility index (Phi) is 5.68. The van der Waals surface area contributed by atoms with Crippen LogP contribution in [0.2, 0.25) is 10.0 Å². The number of nitrogen functional groups attached to an aromatic ring is 1. The molecule has 4 N–H and O–H groups in total. The number of imidazole rings is 1. The largest absolute Gasteiger partial charge is 0.453 e. The second-order valence-electron chi connectivity index (χ2n) is 5.60. The number of aromatic nitrogens is 2. The Morgan fingerprint density at radius 2 is 2.14 bits per heavy atom. The summed E-state index contributed by atoms with van der Waals surface area (Å²) in [6, 6.07) is 9.06. The number of carbonyl (C=O) groups is 1. The fraction of sp³-hybridized carbons (Fsp3) is 0.0556. The Morgan fingerprint density at radius 3 is 2.82 bits per heavy atom. The highest BCUT2D eigenvalue weighted by atomic mass is 35.5. The molecule has 0 fully saturated rings. The van der Waals surface area contributed by atoms with E-state index in [-0.39, 0.29) is 50.9 Å². The van der Waals surface area contributed by atoms with Crippen LogP contribution < -0.4 is 15.8 Å². The number of amides is 1. The van der Waals surface area contributed by atoms with E-state index < -0.39 is 11.7 Å². The summed E-state index contributed by atoms with van der Waals surface area (Å²) < 4.78 is 20.4. The highest BCUT2D eigenvalue weighted by Gasteiger charge is 2.17. The van der Waals surface area contributed by atoms with Gasteiger partial charge in [0.1, 0.15) is 11.4 Å². The number of hydrogen-bond donors (Lipinski definition) is 3. The summed E-state index contributed by atoms with van der Waals surface area (Å²) in [6.07, 6.45) is 1.27. The molecule has 1 heterocycles. The van der Waals surface area contributed by atoms with E-state index in [4.69, 9.17) is 38.9 Å². The number of nitriles is 1. The predicted octanol–water partition coefficient (Wildman–Crippen LogP) is 4.03. The van der Waals surface area contributed by atoms with Crippen LogP contribution in [0.15, 0.2) is 36.5 Å². The molecule has 2 aromatic carbocycles. The Labute approximate surface area is 168 Å². The van der Waals surface area contributed by atoms with E-state index in [1.54, 1.807) is 0 Å². The highest BCUT2D eigenvalue weighted by molar-refractivity contribution is 6.32. The molecule has 28 heavy (non-hydrogen) atoms. The summed E-state index contributed by atoms with van der Waals surface area (Å²) in [5, 5.41) is 11.8. The zero-order chi connectivity index (χ0) is 20.3. The quantitative estimate of drug-likeness (QED) is 0.576. The van der Waals surface area contributed by atoms with Gasteiger partial charge in [0.2, 0.25) is 0 Å². The van der Waals surface area contributed by atoms with Gasteiger partial charge >= 0.3 is 0 Å². The van der Waals surface area contributed by atoms with Gasteiger partial charge in [-0.05, 0) is 24.3 Å². The van der Waals surface area contributed by atoms with Gasteiger partial charge in [-0.15, -0.1) is 0 Å². The second kappa shape index (κ2) is 8.17. The lowest BCUT2D eigenvalue weighted by Gasteiger charge is -2.13. The van der Waals surface area contributed by atoms with Crippen LogP contribution in [0, 0.1) is 17.1 Å². The lowest BCUT2D eigenvalue weighted by molar-refractivity contribution is 0.0946. The summed E-state index contributed by atoms with van der Waals surface area (Å²) in [7, 11) is 0. The molecule has 0 saturated heterocycles. The molecule has 3 aromatic rings. The number of nitrogens with two attached hydrogens (primary N) is 1. The molecule has 0 aliphatic heterocycles. The van der Waals surface area contributed by atoms with Crippen molar-refractivity contribution in [3.63, 3.8) is 0 Å². The topological polar surface area (TPSA) is 117 Å². The molecule has 0 aliphatic rings. The summed E-state index contributed by atoms with van der Waals surface area (Å²) >= 11 is 12.0. The van der Waals surface area contributed by atoms with Gasteiger partial charge < -0.3 is 20.8 Å². The Bertz CT molecular complexity index is 1090. The van der Waals surface area contributed by atoms with E-state index >= 15 is 0 Å². The molecule has 0 aliphatic carbocycles. The van der Waals surface area contributed by atoms with Crippen LogP contribution in [0.1, 0.15) is 21.6 Å².